The Balaban J connectivity index is 2.23. The summed E-state index contributed by atoms with van der Waals surface area (Å²) < 4.78 is 0. The minimum absolute atomic E-state index is 0.0478. The zero-order chi connectivity index (χ0) is 11.8. The van der Waals surface area contributed by atoms with Crippen LogP contribution in [0.1, 0.15) is 44.7 Å². The molecule has 0 spiro atoms. The highest BCUT2D eigenvalue weighted by Crippen LogP contribution is 2.17. The molecule has 0 bridgehead atoms. The van der Waals surface area contributed by atoms with E-state index in [9.17, 15) is 4.79 Å². The molecule has 0 aromatic carbocycles. The number of unbranched alkanes of at least 4 members (excludes halogenated alkanes) is 3. The van der Waals surface area contributed by atoms with E-state index in [0.29, 0.717) is 17.4 Å². The molecule has 1 aromatic heterocycles. The average molecular weight is 261 g/mol. The average Bonchev–Trinajstić information content (AvgIpc) is 2.72. The maximum Gasteiger partial charge on any atom is 0.226 e. The second kappa shape index (κ2) is 7.63. The fourth-order valence-corrected chi connectivity index (χ4v) is 2.27. The van der Waals surface area contributed by atoms with E-state index in [0.717, 1.165) is 18.5 Å². The Labute approximate surface area is 105 Å². The Morgan fingerprint density at radius 1 is 1.50 bits per heavy atom. The third-order valence-electron chi connectivity index (χ3n) is 2.19. The highest BCUT2D eigenvalue weighted by Gasteiger charge is 2.05. The SMILES string of the molecule is CCCCCCC(=O)Nc1nc(CCl)cs1. The fraction of sp³-hybridized carbons (Fsp3) is 0.636. The molecule has 90 valence electrons. The van der Waals surface area contributed by atoms with Gasteiger partial charge in [0.05, 0.1) is 11.6 Å². The van der Waals surface area contributed by atoms with Crippen molar-refractivity contribution in [1.29, 1.82) is 0 Å². The number of anilines is 1. The third-order valence-corrected chi connectivity index (χ3v) is 3.27. The number of nitrogens with one attached hydrogen (secondary N) is 1. The van der Waals surface area contributed by atoms with Crippen LogP contribution in [0.2, 0.25) is 0 Å². The Hall–Kier alpha value is -0.610. The maximum absolute atomic E-state index is 11.5. The highest BCUT2D eigenvalue weighted by atomic mass is 35.5. The first-order chi connectivity index (χ1) is 7.76. The van der Waals surface area contributed by atoms with E-state index >= 15 is 0 Å². The molecule has 5 heteroatoms. The minimum Gasteiger partial charge on any atom is -0.302 e. The van der Waals surface area contributed by atoms with Crippen molar-refractivity contribution in [3.05, 3.63) is 11.1 Å². The smallest absolute Gasteiger partial charge is 0.226 e. The molecule has 1 N–H and O–H groups in total. The van der Waals surface area contributed by atoms with E-state index in [2.05, 4.69) is 17.2 Å². The van der Waals surface area contributed by atoms with Gasteiger partial charge < -0.3 is 5.32 Å². The van der Waals surface area contributed by atoms with Gasteiger partial charge >= 0.3 is 0 Å². The topological polar surface area (TPSA) is 42.0 Å². The van der Waals surface area contributed by atoms with Gasteiger partial charge in [-0.2, -0.15) is 0 Å². The lowest BCUT2D eigenvalue weighted by atomic mass is 10.1. The van der Waals surface area contributed by atoms with Crippen LogP contribution in [0.25, 0.3) is 0 Å². The number of alkyl halides is 1. The van der Waals surface area contributed by atoms with E-state index in [1.807, 2.05) is 5.38 Å². The molecule has 0 saturated carbocycles. The molecule has 0 radical (unpaired) electrons. The fourth-order valence-electron chi connectivity index (χ4n) is 1.32. The summed E-state index contributed by atoms with van der Waals surface area (Å²) in [7, 11) is 0. The van der Waals surface area contributed by atoms with Gasteiger partial charge in [0.2, 0.25) is 5.91 Å². The Bertz CT molecular complexity index is 328. The predicted octanol–water partition coefficient (Wildman–Crippen LogP) is 3.79. The first kappa shape index (κ1) is 13.5. The van der Waals surface area contributed by atoms with Gasteiger partial charge in [0.25, 0.3) is 0 Å². The van der Waals surface area contributed by atoms with Crippen LogP contribution in [0.15, 0.2) is 5.38 Å². The number of halogens is 1. The summed E-state index contributed by atoms with van der Waals surface area (Å²) in [5, 5.41) is 5.29. The van der Waals surface area contributed by atoms with E-state index in [4.69, 9.17) is 11.6 Å². The molecule has 3 nitrogen and oxygen atoms in total. The van der Waals surface area contributed by atoms with Crippen molar-refractivity contribution < 1.29 is 4.79 Å². The molecule has 0 unspecified atom stereocenters. The molecule has 1 rings (SSSR count). The molecule has 1 aromatic rings. The van der Waals surface area contributed by atoms with Crippen LogP contribution < -0.4 is 5.32 Å². The van der Waals surface area contributed by atoms with E-state index < -0.39 is 0 Å². The third kappa shape index (κ3) is 4.94. The van der Waals surface area contributed by atoms with Crippen LogP contribution >= 0.6 is 22.9 Å². The van der Waals surface area contributed by atoms with Crippen LogP contribution in [-0.4, -0.2) is 10.9 Å². The molecular formula is C11H17ClN2OS. The molecule has 1 amide bonds. The van der Waals surface area contributed by atoms with Crippen molar-refractivity contribution in [2.75, 3.05) is 5.32 Å². The van der Waals surface area contributed by atoms with Crippen molar-refractivity contribution >= 4 is 34.0 Å². The monoisotopic (exact) mass is 260 g/mol. The second-order valence-corrected chi connectivity index (χ2v) is 4.76. The molecular weight excluding hydrogens is 244 g/mol. The molecule has 0 aliphatic carbocycles. The Morgan fingerprint density at radius 2 is 2.31 bits per heavy atom. The van der Waals surface area contributed by atoms with Crippen molar-refractivity contribution in [2.45, 2.75) is 44.9 Å². The quantitative estimate of drug-likeness (QED) is 0.599. The molecule has 0 fully saturated rings. The molecule has 1 heterocycles. The number of aromatic nitrogens is 1. The summed E-state index contributed by atoms with van der Waals surface area (Å²) in [4.78, 5) is 15.7. The van der Waals surface area contributed by atoms with Crippen LogP contribution in [0.3, 0.4) is 0 Å². The lowest BCUT2D eigenvalue weighted by molar-refractivity contribution is -0.116. The first-order valence-electron chi connectivity index (χ1n) is 5.56. The minimum atomic E-state index is 0.0478. The number of hydrogen-bond acceptors (Lipinski definition) is 3. The van der Waals surface area contributed by atoms with Gasteiger partial charge in [0.1, 0.15) is 0 Å². The van der Waals surface area contributed by atoms with Gasteiger partial charge in [-0.05, 0) is 6.42 Å². The zero-order valence-corrected chi connectivity index (χ0v) is 11.0. The number of carbonyl (C=O) groups excluding carboxylic acids is 1. The van der Waals surface area contributed by atoms with Crippen LogP contribution in [0.5, 0.6) is 0 Å². The van der Waals surface area contributed by atoms with Gasteiger partial charge in [-0.15, -0.1) is 22.9 Å². The van der Waals surface area contributed by atoms with Crippen molar-refractivity contribution in [3.63, 3.8) is 0 Å². The summed E-state index contributed by atoms with van der Waals surface area (Å²) in [5.74, 6) is 0.439. The van der Waals surface area contributed by atoms with Gasteiger partial charge in [-0.3, -0.25) is 4.79 Å². The number of rotatable bonds is 7. The zero-order valence-electron chi connectivity index (χ0n) is 9.46. The van der Waals surface area contributed by atoms with Gasteiger partial charge in [0, 0.05) is 11.8 Å². The van der Waals surface area contributed by atoms with Gasteiger partial charge in [-0.1, -0.05) is 26.2 Å². The van der Waals surface area contributed by atoms with Crippen molar-refractivity contribution in [2.24, 2.45) is 0 Å². The summed E-state index contributed by atoms with van der Waals surface area (Å²) in [6.45, 7) is 2.16. The number of hydrogen-bond donors (Lipinski definition) is 1. The van der Waals surface area contributed by atoms with Crippen molar-refractivity contribution in [3.8, 4) is 0 Å². The number of carbonyl (C=O) groups is 1. The summed E-state index contributed by atoms with van der Waals surface area (Å²) in [5.41, 5.74) is 0.813. The number of thiazole rings is 1. The van der Waals surface area contributed by atoms with E-state index in [1.54, 1.807) is 0 Å². The Kier molecular flexibility index (Phi) is 6.42. The van der Waals surface area contributed by atoms with E-state index in [1.165, 1.54) is 24.2 Å². The predicted molar refractivity (Wildman–Crippen MR) is 69.1 cm³/mol. The number of nitrogens with zero attached hydrogens (tertiary/aromatic N) is 1. The molecule has 0 atom stereocenters. The lowest BCUT2D eigenvalue weighted by Gasteiger charge is -2.00. The lowest BCUT2D eigenvalue weighted by Crippen LogP contribution is -2.10. The molecule has 0 aliphatic heterocycles. The van der Waals surface area contributed by atoms with Crippen molar-refractivity contribution in [1.82, 2.24) is 4.98 Å². The van der Waals surface area contributed by atoms with Crippen LogP contribution in [0, 0.1) is 0 Å². The highest BCUT2D eigenvalue weighted by molar-refractivity contribution is 7.13. The molecule has 0 saturated heterocycles. The molecule has 16 heavy (non-hydrogen) atoms. The summed E-state index contributed by atoms with van der Waals surface area (Å²) in [6.07, 6.45) is 5.03. The Morgan fingerprint density at radius 3 is 2.94 bits per heavy atom. The van der Waals surface area contributed by atoms with E-state index in [-0.39, 0.29) is 5.91 Å². The van der Waals surface area contributed by atoms with Gasteiger partial charge in [-0.25, -0.2) is 4.98 Å². The summed E-state index contributed by atoms with van der Waals surface area (Å²) >= 11 is 7.05. The van der Waals surface area contributed by atoms with Crippen LogP contribution in [0.4, 0.5) is 5.13 Å². The van der Waals surface area contributed by atoms with Crippen LogP contribution in [-0.2, 0) is 10.7 Å². The summed E-state index contributed by atoms with van der Waals surface area (Å²) in [6, 6.07) is 0. The first-order valence-corrected chi connectivity index (χ1v) is 6.98. The normalized spacial score (nSPS) is 10.4. The van der Waals surface area contributed by atoms with Gasteiger partial charge in [0.15, 0.2) is 5.13 Å². The molecule has 0 aliphatic rings. The maximum atomic E-state index is 11.5. The second-order valence-electron chi connectivity index (χ2n) is 3.64. The number of amides is 1. The standard InChI is InChI=1S/C11H17ClN2OS/c1-2-3-4-5-6-10(15)14-11-13-9(7-12)8-16-11/h8H,2-7H2,1H3,(H,13,14,15). The largest absolute Gasteiger partial charge is 0.302 e.